The molecule has 2 unspecified atom stereocenters. The zero-order valence-electron chi connectivity index (χ0n) is 32.2. The van der Waals surface area contributed by atoms with E-state index in [1.807, 2.05) is 32.0 Å². The van der Waals surface area contributed by atoms with Crippen molar-refractivity contribution in [3.05, 3.63) is 68.9 Å². The number of aromatic nitrogens is 1. The third kappa shape index (κ3) is 5.06. The van der Waals surface area contributed by atoms with Gasteiger partial charge in [0.25, 0.3) is 0 Å². The molecule has 7 heterocycles. The molecule has 6 aliphatic heterocycles. The fourth-order valence-corrected chi connectivity index (χ4v) is 12.3. The van der Waals surface area contributed by atoms with Crippen LogP contribution in [-0.2, 0) is 32.7 Å². The molecule has 4 N–H and O–H groups in total. The predicted octanol–water partition coefficient (Wildman–Crippen LogP) is 4.81. The van der Waals surface area contributed by atoms with Crippen LogP contribution >= 0.6 is 11.8 Å². The molecule has 10 rings (SSSR count). The highest BCUT2D eigenvalue weighted by atomic mass is 32.2. The summed E-state index contributed by atoms with van der Waals surface area (Å²) < 4.78 is 36.2. The Morgan fingerprint density at radius 3 is 2.68 bits per heavy atom. The molecule has 296 valence electrons. The van der Waals surface area contributed by atoms with Crippen LogP contribution in [0, 0.1) is 25.2 Å². The van der Waals surface area contributed by atoms with Crippen LogP contribution < -0.4 is 34.3 Å². The van der Waals surface area contributed by atoms with E-state index in [0.29, 0.717) is 59.9 Å². The standard InChI is InChI=1S/C42H43N5O9S/c1-18-12-21-13-26-28(15-43)47-27-9-11-53-41(50)42(40-23(8-10-44-42)24-14-22(51-4)6-7-25(24)46-40)16-57-39(33(47)32(45-26)29(21)34(49)35(18)52-5)31-30(27)38-37(54-17-55-38)19(2)36(31)56-20(3)48/h6-7,12,14,26-28,32-33,39,44-46,49H,8-11,13,16-17H2,1-5H3/t26?,27-,28-,32?,33+,39+,42+/m0/s1. The van der Waals surface area contributed by atoms with E-state index in [-0.39, 0.29) is 30.9 Å². The summed E-state index contributed by atoms with van der Waals surface area (Å²) in [6, 6.07) is 8.12. The first-order valence-electron chi connectivity index (χ1n) is 19.3. The van der Waals surface area contributed by atoms with Crippen LogP contribution in [0.15, 0.2) is 24.3 Å². The number of H-pyrrole nitrogens is 1. The number of thioether (sulfide) groups is 1. The molecule has 7 atom stereocenters. The van der Waals surface area contributed by atoms with Gasteiger partial charge in [-0.15, -0.1) is 11.8 Å². The highest BCUT2D eigenvalue weighted by molar-refractivity contribution is 7.99. The van der Waals surface area contributed by atoms with Crippen LogP contribution in [0.3, 0.4) is 0 Å². The molecule has 15 heteroatoms. The van der Waals surface area contributed by atoms with Gasteiger partial charge < -0.3 is 43.8 Å². The van der Waals surface area contributed by atoms with Crippen LogP contribution in [-0.4, -0.2) is 85.0 Å². The number of aryl methyl sites for hydroxylation is 1. The normalized spacial score (nSPS) is 28.3. The lowest BCUT2D eigenvalue weighted by Gasteiger charge is -2.59. The van der Waals surface area contributed by atoms with Gasteiger partial charge in [0.2, 0.25) is 6.79 Å². The summed E-state index contributed by atoms with van der Waals surface area (Å²) in [6.07, 6.45) is 1.48. The minimum Gasteiger partial charge on any atom is -0.504 e. The first-order chi connectivity index (χ1) is 27.6. The second kappa shape index (κ2) is 13.2. The van der Waals surface area contributed by atoms with Crippen LogP contribution in [0.25, 0.3) is 10.9 Å². The number of hydrogen-bond acceptors (Lipinski definition) is 14. The van der Waals surface area contributed by atoms with E-state index in [1.54, 1.807) is 14.2 Å². The number of phenolic OH excluding ortho intramolecular Hbond substituents is 1. The number of aromatic amines is 1. The van der Waals surface area contributed by atoms with Gasteiger partial charge in [-0.05, 0) is 61.6 Å². The van der Waals surface area contributed by atoms with Gasteiger partial charge in [0.05, 0.1) is 43.9 Å². The van der Waals surface area contributed by atoms with Crippen LogP contribution in [0.2, 0.25) is 0 Å². The van der Waals surface area contributed by atoms with Crippen molar-refractivity contribution >= 4 is 34.6 Å². The Morgan fingerprint density at radius 2 is 1.91 bits per heavy atom. The summed E-state index contributed by atoms with van der Waals surface area (Å²) in [7, 11) is 3.18. The molecule has 1 spiro atoms. The predicted molar refractivity (Wildman–Crippen MR) is 208 cm³/mol. The molecule has 3 aromatic carbocycles. The molecule has 6 aliphatic rings. The molecule has 1 aromatic heterocycles. The molecule has 1 saturated heterocycles. The number of carbonyl (C=O) groups is 2. The van der Waals surface area contributed by atoms with E-state index in [4.69, 9.17) is 28.4 Å². The number of methoxy groups -OCH3 is 2. The minimum atomic E-state index is -1.29. The van der Waals surface area contributed by atoms with Gasteiger partial charge in [0.15, 0.2) is 28.5 Å². The van der Waals surface area contributed by atoms with Gasteiger partial charge in [-0.25, -0.2) is 4.79 Å². The van der Waals surface area contributed by atoms with Crippen LogP contribution in [0.1, 0.15) is 75.3 Å². The lowest BCUT2D eigenvalue weighted by Crippen LogP contribution is -2.68. The maximum absolute atomic E-state index is 14.8. The first-order valence-corrected chi connectivity index (χ1v) is 20.3. The van der Waals surface area contributed by atoms with Crippen molar-refractivity contribution in [1.29, 1.82) is 5.26 Å². The fraction of sp³-hybridized carbons (Fsp3) is 0.452. The second-order valence-electron chi connectivity index (χ2n) is 15.7. The first kappa shape index (κ1) is 36.2. The third-order valence-corrected chi connectivity index (χ3v) is 14.3. The number of carbonyl (C=O) groups excluding carboxylic acids is 2. The van der Waals surface area contributed by atoms with Gasteiger partial charge in [-0.1, -0.05) is 6.07 Å². The summed E-state index contributed by atoms with van der Waals surface area (Å²) in [5, 5.41) is 31.0. The molecular formula is C42H43N5O9S. The maximum Gasteiger partial charge on any atom is 0.333 e. The zero-order chi connectivity index (χ0) is 39.5. The number of fused-ring (bicyclic) bond motifs is 13. The smallest absolute Gasteiger partial charge is 0.333 e. The number of aromatic hydroxyl groups is 1. The Hall–Kier alpha value is -5.14. The molecule has 57 heavy (non-hydrogen) atoms. The van der Waals surface area contributed by atoms with Crippen LogP contribution in [0.5, 0.6) is 34.5 Å². The Labute approximate surface area is 333 Å². The Kier molecular flexibility index (Phi) is 8.39. The number of rotatable bonds is 3. The third-order valence-electron chi connectivity index (χ3n) is 12.8. The van der Waals surface area contributed by atoms with Crippen molar-refractivity contribution in [1.82, 2.24) is 20.5 Å². The molecule has 0 saturated carbocycles. The average molecular weight is 794 g/mol. The second-order valence-corrected chi connectivity index (χ2v) is 16.8. The highest BCUT2D eigenvalue weighted by Crippen LogP contribution is 2.63. The summed E-state index contributed by atoms with van der Waals surface area (Å²) in [4.78, 5) is 33.6. The van der Waals surface area contributed by atoms with Crippen molar-refractivity contribution in [2.45, 2.75) is 81.0 Å². The Morgan fingerprint density at radius 1 is 1.09 bits per heavy atom. The quantitative estimate of drug-likeness (QED) is 0.164. The van der Waals surface area contributed by atoms with Crippen molar-refractivity contribution in [3.8, 4) is 40.6 Å². The number of nitrogens with zero attached hydrogens (tertiary/aromatic N) is 2. The largest absolute Gasteiger partial charge is 0.504 e. The zero-order valence-corrected chi connectivity index (χ0v) is 33.1. The van der Waals surface area contributed by atoms with E-state index < -0.39 is 46.9 Å². The molecule has 4 aromatic rings. The number of phenols is 1. The molecule has 14 nitrogen and oxygen atoms in total. The van der Waals surface area contributed by atoms with E-state index in [9.17, 15) is 20.0 Å². The summed E-state index contributed by atoms with van der Waals surface area (Å²) in [5.41, 5.74) is 5.91. The molecular weight excluding hydrogens is 751 g/mol. The van der Waals surface area contributed by atoms with Gasteiger partial charge >= 0.3 is 11.9 Å². The van der Waals surface area contributed by atoms with Gasteiger partial charge in [-0.2, -0.15) is 5.26 Å². The summed E-state index contributed by atoms with van der Waals surface area (Å²) in [5.74, 6) is 1.87. The van der Waals surface area contributed by atoms with Crippen molar-refractivity contribution in [2.24, 2.45) is 0 Å². The van der Waals surface area contributed by atoms with Gasteiger partial charge in [-0.3, -0.25) is 15.0 Å². The molecule has 0 radical (unpaired) electrons. The number of nitrogens with one attached hydrogen (secondary N) is 3. The maximum atomic E-state index is 14.8. The topological polar surface area (TPSA) is 177 Å². The lowest BCUT2D eigenvalue weighted by molar-refractivity contribution is -0.152. The number of nitriles is 1. The number of ether oxygens (including phenoxy) is 6. The molecule has 0 aliphatic carbocycles. The molecule has 1 fully saturated rings. The van der Waals surface area contributed by atoms with Crippen LogP contribution in [0.4, 0.5) is 0 Å². The number of esters is 2. The summed E-state index contributed by atoms with van der Waals surface area (Å²) in [6.45, 7) is 5.66. The van der Waals surface area contributed by atoms with Crippen molar-refractivity contribution < 1.29 is 43.1 Å². The summed E-state index contributed by atoms with van der Waals surface area (Å²) >= 11 is 1.53. The Balaban J connectivity index is 1.24. The molecule has 0 amide bonds. The SMILES string of the molecule is COc1ccc2[nH]c3c(c2c1)CCN[C@]31CS[C@@H]2c3c(OC(C)=O)c(C)c4c(c3[C@H](CCOC1=O)N1[C@@H]2C2NC(Cc3cc(C)c(OC)c(O)c32)[C@@H]1C#N)OCO4. The van der Waals surface area contributed by atoms with Gasteiger partial charge in [0, 0.05) is 76.9 Å². The molecule has 4 bridgehead atoms. The van der Waals surface area contributed by atoms with E-state index in [1.165, 1.54) is 18.7 Å². The van der Waals surface area contributed by atoms with Crippen molar-refractivity contribution in [2.75, 3.05) is 39.9 Å². The lowest BCUT2D eigenvalue weighted by atomic mass is 9.72. The monoisotopic (exact) mass is 793 g/mol. The van der Waals surface area contributed by atoms with E-state index in [2.05, 4.69) is 32.7 Å². The Bertz CT molecular complexity index is 2440. The van der Waals surface area contributed by atoms with Crippen molar-refractivity contribution in [3.63, 3.8) is 0 Å². The van der Waals surface area contributed by atoms with E-state index >= 15 is 0 Å². The number of cyclic esters (lactones) is 1. The fourth-order valence-electron chi connectivity index (χ4n) is 10.6. The van der Waals surface area contributed by atoms with E-state index in [0.717, 1.165) is 50.2 Å². The number of hydrogen-bond donors (Lipinski definition) is 4. The number of piperazine rings is 1. The van der Waals surface area contributed by atoms with Gasteiger partial charge in [0.1, 0.15) is 17.5 Å². The highest BCUT2D eigenvalue weighted by Gasteiger charge is 2.59. The minimum absolute atomic E-state index is 0.0229. The average Bonchev–Trinajstić information content (AvgIpc) is 3.83. The number of benzene rings is 3.